The van der Waals surface area contributed by atoms with Gasteiger partial charge in [-0.1, -0.05) is 0 Å². The van der Waals surface area contributed by atoms with Crippen LogP contribution in [0.5, 0.6) is 0 Å². The summed E-state index contributed by atoms with van der Waals surface area (Å²) in [6.45, 7) is 0. The Morgan fingerprint density at radius 3 is 2.00 bits per heavy atom. The van der Waals surface area contributed by atoms with Crippen molar-refractivity contribution in [2.45, 2.75) is 0 Å². The van der Waals surface area contributed by atoms with Crippen molar-refractivity contribution in [1.82, 2.24) is 9.78 Å². The summed E-state index contributed by atoms with van der Waals surface area (Å²) in [5.41, 5.74) is 4.43. The standard InChI is InChI=1S/C10H6BrF4N3/c1-18-10(16)3(2-17-18)4-6(12)8(14)5(11)9(15)7(4)13/h2H,16H2,1H3. The highest BCUT2D eigenvalue weighted by atomic mass is 79.9. The molecule has 1 heterocycles. The van der Waals surface area contributed by atoms with E-state index in [1.54, 1.807) is 0 Å². The fourth-order valence-corrected chi connectivity index (χ4v) is 1.83. The summed E-state index contributed by atoms with van der Waals surface area (Å²) in [5, 5.41) is 3.66. The second-order valence-corrected chi connectivity index (χ2v) is 4.31. The number of halogens is 5. The summed E-state index contributed by atoms with van der Waals surface area (Å²) in [6, 6.07) is 0. The van der Waals surface area contributed by atoms with Crippen molar-refractivity contribution >= 4 is 21.7 Å². The van der Waals surface area contributed by atoms with Crippen LogP contribution in [-0.4, -0.2) is 9.78 Å². The van der Waals surface area contributed by atoms with Crippen LogP contribution in [0.1, 0.15) is 0 Å². The third kappa shape index (κ3) is 1.67. The van der Waals surface area contributed by atoms with Gasteiger partial charge in [0, 0.05) is 12.6 Å². The van der Waals surface area contributed by atoms with Gasteiger partial charge < -0.3 is 5.73 Å². The number of hydrogen-bond acceptors (Lipinski definition) is 2. The lowest BCUT2D eigenvalue weighted by atomic mass is 10.1. The highest BCUT2D eigenvalue weighted by molar-refractivity contribution is 9.10. The summed E-state index contributed by atoms with van der Waals surface area (Å²) in [6.07, 6.45) is 1.03. The summed E-state index contributed by atoms with van der Waals surface area (Å²) >= 11 is 2.43. The second-order valence-electron chi connectivity index (χ2n) is 3.51. The van der Waals surface area contributed by atoms with Gasteiger partial charge in [0.05, 0.1) is 16.2 Å². The molecule has 0 radical (unpaired) electrons. The maximum absolute atomic E-state index is 13.7. The Labute approximate surface area is 107 Å². The first-order valence-electron chi connectivity index (χ1n) is 4.65. The van der Waals surface area contributed by atoms with E-state index in [1.165, 1.54) is 7.05 Å². The van der Waals surface area contributed by atoms with Crippen LogP contribution in [0.15, 0.2) is 10.7 Å². The Bertz CT molecular complexity index is 610. The van der Waals surface area contributed by atoms with E-state index in [1.807, 2.05) is 0 Å². The molecule has 0 spiro atoms. The van der Waals surface area contributed by atoms with Gasteiger partial charge in [0.1, 0.15) is 5.82 Å². The highest BCUT2D eigenvalue weighted by Crippen LogP contribution is 2.36. The number of nitrogens with two attached hydrogens (primary N) is 1. The van der Waals surface area contributed by atoms with Gasteiger partial charge >= 0.3 is 0 Å². The minimum absolute atomic E-state index is 0.103. The van der Waals surface area contributed by atoms with Crippen LogP contribution in [0, 0.1) is 23.3 Å². The average molecular weight is 324 g/mol. The van der Waals surface area contributed by atoms with Crippen molar-refractivity contribution in [3.8, 4) is 11.1 Å². The summed E-state index contributed by atoms with van der Waals surface area (Å²) in [4.78, 5) is 0. The minimum Gasteiger partial charge on any atom is -0.383 e. The van der Waals surface area contributed by atoms with Crippen LogP contribution in [0.4, 0.5) is 23.4 Å². The van der Waals surface area contributed by atoms with Crippen LogP contribution < -0.4 is 5.73 Å². The maximum Gasteiger partial charge on any atom is 0.176 e. The molecule has 0 fully saturated rings. The predicted molar refractivity (Wildman–Crippen MR) is 60.6 cm³/mol. The van der Waals surface area contributed by atoms with E-state index >= 15 is 0 Å². The highest BCUT2D eigenvalue weighted by Gasteiger charge is 2.27. The van der Waals surface area contributed by atoms with Crippen LogP contribution in [0.2, 0.25) is 0 Å². The lowest BCUT2D eigenvalue weighted by Gasteiger charge is -2.08. The quantitative estimate of drug-likeness (QED) is 0.498. The minimum atomic E-state index is -1.53. The molecule has 0 aliphatic rings. The van der Waals surface area contributed by atoms with Crippen LogP contribution >= 0.6 is 15.9 Å². The van der Waals surface area contributed by atoms with E-state index in [2.05, 4.69) is 21.0 Å². The van der Waals surface area contributed by atoms with Gasteiger partial charge in [-0.2, -0.15) is 5.10 Å². The molecule has 3 nitrogen and oxygen atoms in total. The molecule has 0 unspecified atom stereocenters. The largest absolute Gasteiger partial charge is 0.383 e. The third-order valence-corrected chi connectivity index (χ3v) is 3.16. The molecule has 1 aromatic carbocycles. The average Bonchev–Trinajstić information content (AvgIpc) is 2.66. The fraction of sp³-hybridized carbons (Fsp3) is 0.100. The first-order valence-corrected chi connectivity index (χ1v) is 5.44. The molecule has 2 aromatic rings. The van der Waals surface area contributed by atoms with Crippen molar-refractivity contribution in [3.63, 3.8) is 0 Å². The third-order valence-electron chi connectivity index (χ3n) is 2.46. The number of benzene rings is 1. The molecule has 2 N–H and O–H groups in total. The normalized spacial score (nSPS) is 11.0. The second kappa shape index (κ2) is 4.27. The van der Waals surface area contributed by atoms with Crippen molar-refractivity contribution < 1.29 is 17.6 Å². The molecule has 0 saturated carbocycles. The van der Waals surface area contributed by atoms with Crippen molar-refractivity contribution in [3.05, 3.63) is 33.9 Å². The Balaban J connectivity index is 2.84. The zero-order valence-corrected chi connectivity index (χ0v) is 10.5. The zero-order chi connectivity index (χ0) is 13.6. The van der Waals surface area contributed by atoms with Crippen LogP contribution in [0.3, 0.4) is 0 Å². The molecule has 0 saturated heterocycles. The summed E-state index contributed by atoms with van der Waals surface area (Å²) in [7, 11) is 1.43. The predicted octanol–water partition coefficient (Wildman–Crippen LogP) is 2.99. The SMILES string of the molecule is Cn1ncc(-c2c(F)c(F)c(Br)c(F)c2F)c1N. The first-order chi connectivity index (χ1) is 8.36. The monoisotopic (exact) mass is 323 g/mol. The lowest BCUT2D eigenvalue weighted by molar-refractivity contribution is 0.451. The van der Waals surface area contributed by atoms with E-state index in [9.17, 15) is 17.6 Å². The molecule has 8 heteroatoms. The lowest BCUT2D eigenvalue weighted by Crippen LogP contribution is -2.03. The molecule has 0 aliphatic carbocycles. The molecule has 1 aromatic heterocycles. The molecule has 0 amide bonds. The van der Waals surface area contributed by atoms with E-state index < -0.39 is 33.3 Å². The molecule has 18 heavy (non-hydrogen) atoms. The molecular formula is C10H6BrF4N3. The maximum atomic E-state index is 13.7. The number of anilines is 1. The van der Waals surface area contributed by atoms with Crippen LogP contribution in [0.25, 0.3) is 11.1 Å². The Hall–Kier alpha value is -1.57. The van der Waals surface area contributed by atoms with Gasteiger partial charge in [-0.3, -0.25) is 4.68 Å². The molecule has 2 rings (SSSR count). The Morgan fingerprint density at radius 2 is 1.61 bits per heavy atom. The number of aryl methyl sites for hydroxylation is 1. The Kier molecular flexibility index (Phi) is 3.05. The molecular weight excluding hydrogens is 318 g/mol. The van der Waals surface area contributed by atoms with Crippen molar-refractivity contribution in [2.75, 3.05) is 5.73 Å². The van der Waals surface area contributed by atoms with Crippen molar-refractivity contribution in [1.29, 1.82) is 0 Å². The fourth-order valence-electron chi connectivity index (χ4n) is 1.48. The Morgan fingerprint density at radius 1 is 1.11 bits per heavy atom. The van der Waals surface area contributed by atoms with Gasteiger partial charge in [-0.25, -0.2) is 17.6 Å². The molecule has 0 aliphatic heterocycles. The van der Waals surface area contributed by atoms with Gasteiger partial charge in [0.15, 0.2) is 23.3 Å². The number of aromatic nitrogens is 2. The molecule has 96 valence electrons. The number of nitrogens with zero attached hydrogens (tertiary/aromatic N) is 2. The molecule has 0 bridgehead atoms. The van der Waals surface area contributed by atoms with E-state index in [-0.39, 0.29) is 11.4 Å². The van der Waals surface area contributed by atoms with Gasteiger partial charge in [0.2, 0.25) is 0 Å². The topological polar surface area (TPSA) is 43.8 Å². The first kappa shape index (κ1) is 12.9. The van der Waals surface area contributed by atoms with Gasteiger partial charge in [-0.15, -0.1) is 0 Å². The van der Waals surface area contributed by atoms with Gasteiger partial charge in [0.25, 0.3) is 0 Å². The van der Waals surface area contributed by atoms with Crippen molar-refractivity contribution in [2.24, 2.45) is 7.05 Å². The van der Waals surface area contributed by atoms with E-state index in [0.29, 0.717) is 0 Å². The van der Waals surface area contributed by atoms with Gasteiger partial charge in [-0.05, 0) is 15.9 Å². The number of nitrogen functional groups attached to an aromatic ring is 1. The smallest absolute Gasteiger partial charge is 0.176 e. The number of rotatable bonds is 1. The molecule has 0 atom stereocenters. The summed E-state index contributed by atoms with van der Waals surface area (Å²) < 4.78 is 54.3. The van der Waals surface area contributed by atoms with E-state index in [4.69, 9.17) is 5.73 Å². The summed E-state index contributed by atoms with van der Waals surface area (Å²) in [5.74, 6) is -6.20. The number of hydrogen-bond donors (Lipinski definition) is 1. The van der Waals surface area contributed by atoms with Crippen LogP contribution in [-0.2, 0) is 7.05 Å². The zero-order valence-electron chi connectivity index (χ0n) is 8.94. The van der Waals surface area contributed by atoms with E-state index in [0.717, 1.165) is 10.9 Å².